The van der Waals surface area contributed by atoms with Gasteiger partial charge in [0.15, 0.2) is 11.5 Å². The predicted molar refractivity (Wildman–Crippen MR) is 92.9 cm³/mol. The molecule has 7 heteroatoms. The molecule has 2 aromatic heterocycles. The standard InChI is InChI=1S/C17H20N6O/c1-13-18-19-16-7-8-17(20-23(13)16)22-11-9-21(10-12-22)14-3-5-15(24-2)6-4-14/h3-8H,9-12H2,1-2H3. The molecule has 0 radical (unpaired) electrons. The maximum Gasteiger partial charge on any atom is 0.178 e. The minimum absolute atomic E-state index is 0.785. The molecule has 0 bridgehead atoms. The zero-order valence-corrected chi connectivity index (χ0v) is 13.9. The van der Waals surface area contributed by atoms with Crippen LogP contribution in [0.1, 0.15) is 5.82 Å². The molecule has 1 aliphatic rings. The molecule has 1 saturated heterocycles. The molecule has 0 aliphatic carbocycles. The van der Waals surface area contributed by atoms with Gasteiger partial charge >= 0.3 is 0 Å². The number of aryl methyl sites for hydroxylation is 1. The van der Waals surface area contributed by atoms with Gasteiger partial charge in [0.25, 0.3) is 0 Å². The molecule has 0 unspecified atom stereocenters. The first-order chi connectivity index (χ1) is 11.7. The van der Waals surface area contributed by atoms with Crippen molar-refractivity contribution in [2.75, 3.05) is 43.1 Å². The number of nitrogens with zero attached hydrogens (tertiary/aromatic N) is 6. The van der Waals surface area contributed by atoms with Gasteiger partial charge in [-0.1, -0.05) is 0 Å². The minimum atomic E-state index is 0.785. The van der Waals surface area contributed by atoms with E-state index in [-0.39, 0.29) is 0 Å². The van der Waals surface area contributed by atoms with Crippen molar-refractivity contribution in [1.82, 2.24) is 19.8 Å². The van der Waals surface area contributed by atoms with Crippen LogP contribution in [-0.4, -0.2) is 53.1 Å². The van der Waals surface area contributed by atoms with Gasteiger partial charge in [0.1, 0.15) is 11.6 Å². The first kappa shape index (κ1) is 14.7. The number of benzene rings is 1. The Kier molecular flexibility index (Phi) is 3.68. The highest BCUT2D eigenvalue weighted by molar-refractivity contribution is 5.52. The maximum absolute atomic E-state index is 5.22. The van der Waals surface area contributed by atoms with E-state index < -0.39 is 0 Å². The number of hydrogen-bond donors (Lipinski definition) is 0. The van der Waals surface area contributed by atoms with Crippen LogP contribution in [0.3, 0.4) is 0 Å². The van der Waals surface area contributed by atoms with Crippen molar-refractivity contribution in [2.45, 2.75) is 6.92 Å². The highest BCUT2D eigenvalue weighted by Crippen LogP contribution is 2.22. The lowest BCUT2D eigenvalue weighted by Gasteiger charge is -2.36. The highest BCUT2D eigenvalue weighted by atomic mass is 16.5. The van der Waals surface area contributed by atoms with Crippen LogP contribution in [0.2, 0.25) is 0 Å². The van der Waals surface area contributed by atoms with E-state index in [0.29, 0.717) is 0 Å². The van der Waals surface area contributed by atoms with E-state index in [1.54, 1.807) is 11.6 Å². The number of anilines is 2. The van der Waals surface area contributed by atoms with E-state index in [4.69, 9.17) is 4.74 Å². The van der Waals surface area contributed by atoms with Crippen LogP contribution in [0.25, 0.3) is 5.65 Å². The largest absolute Gasteiger partial charge is 0.497 e. The van der Waals surface area contributed by atoms with E-state index >= 15 is 0 Å². The van der Waals surface area contributed by atoms with Crippen molar-refractivity contribution in [3.8, 4) is 5.75 Å². The lowest BCUT2D eigenvalue weighted by molar-refractivity contribution is 0.415. The van der Waals surface area contributed by atoms with E-state index in [9.17, 15) is 0 Å². The molecular weight excluding hydrogens is 304 g/mol. The average molecular weight is 324 g/mol. The average Bonchev–Trinajstić information content (AvgIpc) is 3.02. The number of methoxy groups -OCH3 is 1. The fourth-order valence-electron chi connectivity index (χ4n) is 3.04. The molecule has 4 rings (SSSR count). The molecule has 0 N–H and O–H groups in total. The van der Waals surface area contributed by atoms with Gasteiger partial charge in [-0.3, -0.25) is 0 Å². The molecule has 7 nitrogen and oxygen atoms in total. The van der Waals surface area contributed by atoms with Gasteiger partial charge in [0, 0.05) is 31.9 Å². The summed E-state index contributed by atoms with van der Waals surface area (Å²) >= 11 is 0. The molecule has 3 aromatic rings. The van der Waals surface area contributed by atoms with Crippen LogP contribution in [0.15, 0.2) is 36.4 Å². The number of hydrogen-bond acceptors (Lipinski definition) is 6. The van der Waals surface area contributed by atoms with Gasteiger partial charge in [-0.05, 0) is 43.3 Å². The van der Waals surface area contributed by atoms with Crippen molar-refractivity contribution < 1.29 is 4.74 Å². The van der Waals surface area contributed by atoms with Gasteiger partial charge in [-0.15, -0.1) is 15.3 Å². The lowest BCUT2D eigenvalue weighted by atomic mass is 10.2. The molecule has 24 heavy (non-hydrogen) atoms. The summed E-state index contributed by atoms with van der Waals surface area (Å²) in [7, 11) is 1.69. The predicted octanol–water partition coefficient (Wildman–Crippen LogP) is 1.77. The first-order valence-electron chi connectivity index (χ1n) is 8.07. The summed E-state index contributed by atoms with van der Waals surface area (Å²) in [5.74, 6) is 2.67. The lowest BCUT2D eigenvalue weighted by Crippen LogP contribution is -2.47. The SMILES string of the molecule is COc1ccc(N2CCN(c3ccc4nnc(C)n4n3)CC2)cc1. The van der Waals surface area contributed by atoms with Crippen molar-refractivity contribution in [2.24, 2.45) is 0 Å². The Morgan fingerprint density at radius 2 is 1.58 bits per heavy atom. The molecule has 0 amide bonds. The topological polar surface area (TPSA) is 58.8 Å². The molecule has 3 heterocycles. The third-order valence-electron chi connectivity index (χ3n) is 4.45. The normalized spacial score (nSPS) is 15.1. The second-order valence-corrected chi connectivity index (χ2v) is 5.88. The van der Waals surface area contributed by atoms with E-state index in [1.807, 2.05) is 31.2 Å². The molecule has 0 spiro atoms. The Labute approximate surface area is 140 Å². The zero-order valence-electron chi connectivity index (χ0n) is 13.9. The third-order valence-corrected chi connectivity index (χ3v) is 4.45. The Bertz CT molecular complexity index is 836. The van der Waals surface area contributed by atoms with Gasteiger partial charge in [0.2, 0.25) is 0 Å². The molecule has 0 atom stereocenters. The van der Waals surface area contributed by atoms with Gasteiger partial charge in [0.05, 0.1) is 7.11 Å². The smallest absolute Gasteiger partial charge is 0.178 e. The van der Waals surface area contributed by atoms with Crippen LogP contribution < -0.4 is 14.5 Å². The molecule has 1 aromatic carbocycles. The minimum Gasteiger partial charge on any atom is -0.497 e. The first-order valence-corrected chi connectivity index (χ1v) is 8.07. The quantitative estimate of drug-likeness (QED) is 0.732. The second-order valence-electron chi connectivity index (χ2n) is 5.88. The number of rotatable bonds is 3. The molecular formula is C17H20N6O. The summed E-state index contributed by atoms with van der Waals surface area (Å²) < 4.78 is 7.02. The van der Waals surface area contributed by atoms with Crippen molar-refractivity contribution in [3.63, 3.8) is 0 Å². The number of aromatic nitrogens is 4. The molecule has 1 aliphatic heterocycles. The van der Waals surface area contributed by atoms with Crippen LogP contribution >= 0.6 is 0 Å². The highest BCUT2D eigenvalue weighted by Gasteiger charge is 2.19. The van der Waals surface area contributed by atoms with Gasteiger partial charge < -0.3 is 14.5 Å². The molecule has 124 valence electrons. The number of piperazine rings is 1. The Morgan fingerprint density at radius 3 is 2.29 bits per heavy atom. The summed E-state index contributed by atoms with van der Waals surface area (Å²) in [5.41, 5.74) is 2.02. The summed E-state index contributed by atoms with van der Waals surface area (Å²) in [6.45, 7) is 5.72. The van der Waals surface area contributed by atoms with Crippen molar-refractivity contribution >= 4 is 17.2 Å². The van der Waals surface area contributed by atoms with Crippen LogP contribution in [0, 0.1) is 6.92 Å². The van der Waals surface area contributed by atoms with Crippen LogP contribution in [0.4, 0.5) is 11.5 Å². The van der Waals surface area contributed by atoms with Gasteiger partial charge in [-0.25, -0.2) is 0 Å². The molecule has 1 fully saturated rings. The monoisotopic (exact) mass is 324 g/mol. The Balaban J connectivity index is 1.47. The third kappa shape index (κ3) is 2.62. The fourth-order valence-corrected chi connectivity index (χ4v) is 3.04. The summed E-state index contributed by atoms with van der Waals surface area (Å²) in [6.07, 6.45) is 0. The second kappa shape index (κ2) is 5.99. The summed E-state index contributed by atoms with van der Waals surface area (Å²) in [5, 5.41) is 12.8. The van der Waals surface area contributed by atoms with E-state index in [2.05, 4.69) is 37.2 Å². The fraction of sp³-hybridized carbons (Fsp3) is 0.353. The van der Waals surface area contributed by atoms with Crippen molar-refractivity contribution in [3.05, 3.63) is 42.2 Å². The number of ether oxygens (including phenoxy) is 1. The summed E-state index contributed by atoms with van der Waals surface area (Å²) in [6, 6.07) is 12.2. The Hall–Kier alpha value is -2.83. The number of fused-ring (bicyclic) bond motifs is 1. The molecule has 0 saturated carbocycles. The van der Waals surface area contributed by atoms with Crippen molar-refractivity contribution in [1.29, 1.82) is 0 Å². The van der Waals surface area contributed by atoms with Gasteiger partial charge in [-0.2, -0.15) is 4.52 Å². The van der Waals surface area contributed by atoms with Crippen LogP contribution in [0.5, 0.6) is 5.75 Å². The Morgan fingerprint density at radius 1 is 0.875 bits per heavy atom. The zero-order chi connectivity index (χ0) is 16.5. The summed E-state index contributed by atoms with van der Waals surface area (Å²) in [4.78, 5) is 4.69. The van der Waals surface area contributed by atoms with E-state index in [1.165, 1.54) is 5.69 Å². The maximum atomic E-state index is 5.22. The van der Waals surface area contributed by atoms with E-state index in [0.717, 1.165) is 49.2 Å². The van der Waals surface area contributed by atoms with Crippen LogP contribution in [-0.2, 0) is 0 Å².